The third-order valence-corrected chi connectivity index (χ3v) is 2.57. The van der Waals surface area contributed by atoms with Crippen LogP contribution in [0.5, 0.6) is 0 Å². The molecule has 2 rings (SSSR count). The second-order valence-electron chi connectivity index (χ2n) is 3.85. The van der Waals surface area contributed by atoms with Crippen LogP contribution in [-0.4, -0.2) is 25.3 Å². The van der Waals surface area contributed by atoms with E-state index in [-0.39, 0.29) is 11.9 Å². The van der Waals surface area contributed by atoms with Crippen molar-refractivity contribution in [3.8, 4) is 0 Å². The number of hydrogen-bond donors (Lipinski definition) is 0. The van der Waals surface area contributed by atoms with Crippen molar-refractivity contribution in [3.05, 3.63) is 35.1 Å². The smallest absolute Gasteiger partial charge is 0.338 e. The van der Waals surface area contributed by atoms with Crippen molar-refractivity contribution in [2.24, 2.45) is 0 Å². The van der Waals surface area contributed by atoms with Crippen LogP contribution < -0.4 is 0 Å². The molecule has 1 aromatic carbocycles. The molecule has 3 nitrogen and oxygen atoms in total. The zero-order valence-corrected chi connectivity index (χ0v) is 9.03. The maximum absolute atomic E-state index is 12.8. The third-order valence-electron chi connectivity index (χ3n) is 2.57. The van der Waals surface area contributed by atoms with E-state index in [1.54, 1.807) is 6.92 Å². The topological polar surface area (TPSA) is 35.5 Å². The molecule has 0 spiro atoms. The van der Waals surface area contributed by atoms with Gasteiger partial charge in [0.2, 0.25) is 0 Å². The van der Waals surface area contributed by atoms with E-state index >= 15 is 0 Å². The van der Waals surface area contributed by atoms with Gasteiger partial charge in [-0.2, -0.15) is 0 Å². The first kappa shape index (κ1) is 11.1. The lowest BCUT2D eigenvalue weighted by Gasteiger charge is -2.11. The van der Waals surface area contributed by atoms with E-state index in [0.29, 0.717) is 24.3 Å². The molecule has 0 N–H and O–H groups in total. The molecule has 4 heteroatoms. The van der Waals surface area contributed by atoms with E-state index in [1.807, 2.05) is 0 Å². The van der Waals surface area contributed by atoms with Gasteiger partial charge in [-0.3, -0.25) is 0 Å². The first-order valence-electron chi connectivity index (χ1n) is 5.21. The van der Waals surface area contributed by atoms with Crippen molar-refractivity contribution in [1.29, 1.82) is 0 Å². The Morgan fingerprint density at radius 2 is 2.38 bits per heavy atom. The minimum absolute atomic E-state index is 0.169. The molecule has 16 heavy (non-hydrogen) atoms. The SMILES string of the molecule is Cc1cc(F)ccc1C(=O)OC1CCOC1. The highest BCUT2D eigenvalue weighted by atomic mass is 19.1. The Kier molecular flexibility index (Phi) is 3.19. The maximum Gasteiger partial charge on any atom is 0.338 e. The summed E-state index contributed by atoms with van der Waals surface area (Å²) in [7, 11) is 0. The van der Waals surface area contributed by atoms with Gasteiger partial charge in [-0.15, -0.1) is 0 Å². The molecular formula is C12H13FO3. The maximum atomic E-state index is 12.8. The van der Waals surface area contributed by atoms with Crippen LogP contribution in [0.4, 0.5) is 4.39 Å². The fourth-order valence-corrected chi connectivity index (χ4v) is 1.68. The normalized spacial score (nSPS) is 19.8. The summed E-state index contributed by atoms with van der Waals surface area (Å²) in [5.41, 5.74) is 0.997. The number of rotatable bonds is 2. The van der Waals surface area contributed by atoms with Crippen LogP contribution in [0.15, 0.2) is 18.2 Å². The molecule has 0 saturated carbocycles. The Bertz CT molecular complexity index is 397. The second kappa shape index (κ2) is 4.61. The molecule has 0 bridgehead atoms. The van der Waals surface area contributed by atoms with Gasteiger partial charge in [0.25, 0.3) is 0 Å². The summed E-state index contributed by atoms with van der Waals surface area (Å²) in [6.07, 6.45) is 0.559. The Morgan fingerprint density at radius 1 is 1.56 bits per heavy atom. The highest BCUT2D eigenvalue weighted by Gasteiger charge is 2.21. The van der Waals surface area contributed by atoms with Crippen molar-refractivity contribution in [2.45, 2.75) is 19.4 Å². The van der Waals surface area contributed by atoms with Crippen LogP contribution in [0.25, 0.3) is 0 Å². The summed E-state index contributed by atoms with van der Waals surface area (Å²) >= 11 is 0. The zero-order valence-electron chi connectivity index (χ0n) is 9.03. The number of carbonyl (C=O) groups is 1. The molecule has 0 amide bonds. The zero-order chi connectivity index (χ0) is 11.5. The van der Waals surface area contributed by atoms with E-state index in [9.17, 15) is 9.18 Å². The molecule has 1 atom stereocenters. The molecule has 0 aromatic heterocycles. The summed E-state index contributed by atoms with van der Waals surface area (Å²) in [6, 6.07) is 4.03. The Balaban J connectivity index is 2.08. The highest BCUT2D eigenvalue weighted by molar-refractivity contribution is 5.91. The quantitative estimate of drug-likeness (QED) is 0.721. The fourth-order valence-electron chi connectivity index (χ4n) is 1.68. The van der Waals surface area contributed by atoms with Gasteiger partial charge in [0, 0.05) is 6.42 Å². The number of aryl methyl sites for hydroxylation is 1. The third kappa shape index (κ3) is 2.39. The Morgan fingerprint density at radius 3 is 3.00 bits per heavy atom. The molecule has 1 aromatic rings. The van der Waals surface area contributed by atoms with Crippen molar-refractivity contribution in [3.63, 3.8) is 0 Å². The molecule has 1 aliphatic heterocycles. The average molecular weight is 224 g/mol. The largest absolute Gasteiger partial charge is 0.456 e. The number of halogens is 1. The van der Waals surface area contributed by atoms with Gasteiger partial charge in [0.05, 0.1) is 18.8 Å². The average Bonchev–Trinajstić information content (AvgIpc) is 2.70. The van der Waals surface area contributed by atoms with Crippen LogP contribution in [-0.2, 0) is 9.47 Å². The van der Waals surface area contributed by atoms with Gasteiger partial charge in [0.1, 0.15) is 11.9 Å². The minimum Gasteiger partial charge on any atom is -0.456 e. The minimum atomic E-state index is -0.409. The van der Waals surface area contributed by atoms with Crippen LogP contribution in [0.2, 0.25) is 0 Å². The van der Waals surface area contributed by atoms with Crippen LogP contribution in [0, 0.1) is 12.7 Å². The fraction of sp³-hybridized carbons (Fsp3) is 0.417. The summed E-state index contributed by atoms with van der Waals surface area (Å²) < 4.78 is 23.2. The molecule has 1 fully saturated rings. The molecule has 0 radical (unpaired) electrons. The van der Waals surface area contributed by atoms with Crippen LogP contribution >= 0.6 is 0 Å². The van der Waals surface area contributed by atoms with Crippen LogP contribution in [0.3, 0.4) is 0 Å². The van der Waals surface area contributed by atoms with Crippen molar-refractivity contribution >= 4 is 5.97 Å². The van der Waals surface area contributed by atoms with E-state index < -0.39 is 5.97 Å². The molecule has 1 saturated heterocycles. The number of ether oxygens (including phenoxy) is 2. The summed E-state index contributed by atoms with van der Waals surface area (Å²) in [4.78, 5) is 11.7. The standard InChI is InChI=1S/C12H13FO3/c1-8-6-9(13)2-3-11(8)12(14)16-10-4-5-15-7-10/h2-3,6,10H,4-5,7H2,1H3. The number of hydrogen-bond acceptors (Lipinski definition) is 3. The van der Waals surface area contributed by atoms with Gasteiger partial charge >= 0.3 is 5.97 Å². The molecule has 1 unspecified atom stereocenters. The molecule has 0 aliphatic carbocycles. The number of carbonyl (C=O) groups excluding carboxylic acids is 1. The Labute approximate surface area is 93.2 Å². The van der Waals surface area contributed by atoms with E-state index in [4.69, 9.17) is 9.47 Å². The first-order valence-corrected chi connectivity index (χ1v) is 5.21. The van der Waals surface area contributed by atoms with Gasteiger partial charge in [-0.25, -0.2) is 9.18 Å². The number of esters is 1. The summed E-state index contributed by atoms with van der Waals surface area (Å²) in [6.45, 7) is 2.76. The highest BCUT2D eigenvalue weighted by Crippen LogP contribution is 2.15. The number of benzene rings is 1. The van der Waals surface area contributed by atoms with Crippen LogP contribution in [0.1, 0.15) is 22.3 Å². The van der Waals surface area contributed by atoms with Gasteiger partial charge < -0.3 is 9.47 Å². The molecule has 1 heterocycles. The van der Waals surface area contributed by atoms with Crippen molar-refractivity contribution in [1.82, 2.24) is 0 Å². The van der Waals surface area contributed by atoms with Gasteiger partial charge in [-0.1, -0.05) is 0 Å². The predicted octanol–water partition coefficient (Wildman–Crippen LogP) is 2.08. The Hall–Kier alpha value is -1.42. The van der Waals surface area contributed by atoms with Gasteiger partial charge in [-0.05, 0) is 30.7 Å². The van der Waals surface area contributed by atoms with E-state index in [0.717, 1.165) is 6.42 Å². The lowest BCUT2D eigenvalue weighted by molar-refractivity contribution is 0.0270. The molecule has 1 aliphatic rings. The van der Waals surface area contributed by atoms with Gasteiger partial charge in [0.15, 0.2) is 0 Å². The lowest BCUT2D eigenvalue weighted by Crippen LogP contribution is -2.18. The van der Waals surface area contributed by atoms with Crippen molar-refractivity contribution < 1.29 is 18.7 Å². The summed E-state index contributed by atoms with van der Waals surface area (Å²) in [5.74, 6) is -0.758. The molecular weight excluding hydrogens is 211 g/mol. The first-order chi connectivity index (χ1) is 7.66. The molecule has 86 valence electrons. The van der Waals surface area contributed by atoms with E-state index in [2.05, 4.69) is 0 Å². The monoisotopic (exact) mass is 224 g/mol. The lowest BCUT2D eigenvalue weighted by atomic mass is 10.1. The van der Waals surface area contributed by atoms with E-state index in [1.165, 1.54) is 18.2 Å². The van der Waals surface area contributed by atoms with Crippen molar-refractivity contribution in [2.75, 3.05) is 13.2 Å². The predicted molar refractivity (Wildman–Crippen MR) is 55.8 cm³/mol. The second-order valence-corrected chi connectivity index (χ2v) is 3.85. The summed E-state index contributed by atoms with van der Waals surface area (Å²) in [5, 5.41) is 0.